The molecule has 0 fully saturated rings. The van der Waals surface area contributed by atoms with Gasteiger partial charge >= 0.3 is 0 Å². The van der Waals surface area contributed by atoms with Crippen molar-refractivity contribution < 1.29 is 4.39 Å². The van der Waals surface area contributed by atoms with Crippen molar-refractivity contribution >= 4 is 5.82 Å². The van der Waals surface area contributed by atoms with Crippen molar-refractivity contribution in [1.29, 1.82) is 0 Å². The second-order valence-electron chi connectivity index (χ2n) is 3.52. The van der Waals surface area contributed by atoms with Gasteiger partial charge in [0.05, 0.1) is 6.04 Å². The number of rotatable bonds is 3. The van der Waals surface area contributed by atoms with Crippen LogP contribution >= 0.6 is 0 Å². The van der Waals surface area contributed by atoms with Gasteiger partial charge < -0.3 is 5.32 Å². The molecule has 0 aliphatic carbocycles. The number of halogens is 1. The van der Waals surface area contributed by atoms with Crippen molar-refractivity contribution in [1.82, 2.24) is 9.97 Å². The Morgan fingerprint density at radius 2 is 2.19 bits per heavy atom. The molecule has 16 heavy (non-hydrogen) atoms. The number of nitrogens with zero attached hydrogens (tertiary/aromatic N) is 2. The topological polar surface area (TPSA) is 37.8 Å². The maximum atomic E-state index is 13.0. The maximum Gasteiger partial charge on any atom is 0.129 e. The van der Waals surface area contributed by atoms with Crippen molar-refractivity contribution in [2.75, 3.05) is 5.32 Å². The van der Waals surface area contributed by atoms with E-state index in [2.05, 4.69) is 15.3 Å². The highest BCUT2D eigenvalue weighted by molar-refractivity contribution is 5.36. The van der Waals surface area contributed by atoms with Gasteiger partial charge in [-0.25, -0.2) is 14.4 Å². The molecule has 1 aromatic carbocycles. The van der Waals surface area contributed by atoms with Crippen LogP contribution in [0.4, 0.5) is 10.2 Å². The summed E-state index contributed by atoms with van der Waals surface area (Å²) in [5.74, 6) is 0.501. The van der Waals surface area contributed by atoms with Gasteiger partial charge in [-0.3, -0.25) is 0 Å². The van der Waals surface area contributed by atoms with Gasteiger partial charge in [0.1, 0.15) is 18.0 Å². The first-order chi connectivity index (χ1) is 7.75. The van der Waals surface area contributed by atoms with Crippen LogP contribution in [0.2, 0.25) is 0 Å². The summed E-state index contributed by atoms with van der Waals surface area (Å²) in [6, 6.07) is 8.30. The van der Waals surface area contributed by atoms with Crippen molar-refractivity contribution in [3.8, 4) is 0 Å². The molecule has 3 nitrogen and oxygen atoms in total. The van der Waals surface area contributed by atoms with Crippen LogP contribution in [0.1, 0.15) is 18.5 Å². The van der Waals surface area contributed by atoms with Gasteiger partial charge in [-0.05, 0) is 30.7 Å². The fourth-order valence-electron chi connectivity index (χ4n) is 1.46. The second kappa shape index (κ2) is 4.70. The van der Waals surface area contributed by atoms with Crippen molar-refractivity contribution in [3.63, 3.8) is 0 Å². The molecule has 4 heteroatoms. The average molecular weight is 217 g/mol. The number of anilines is 1. The Morgan fingerprint density at radius 1 is 1.31 bits per heavy atom. The molecule has 0 amide bonds. The van der Waals surface area contributed by atoms with Crippen molar-refractivity contribution in [2.24, 2.45) is 0 Å². The van der Waals surface area contributed by atoms with Gasteiger partial charge in [-0.2, -0.15) is 0 Å². The number of benzene rings is 1. The smallest absolute Gasteiger partial charge is 0.129 e. The van der Waals surface area contributed by atoms with E-state index in [0.717, 1.165) is 11.4 Å². The van der Waals surface area contributed by atoms with E-state index in [0.29, 0.717) is 0 Å². The SMILES string of the molecule is CC(Nc1ccncn1)c1cccc(F)c1. The molecule has 0 spiro atoms. The van der Waals surface area contributed by atoms with Crippen LogP contribution in [-0.2, 0) is 0 Å². The fourth-order valence-corrected chi connectivity index (χ4v) is 1.46. The summed E-state index contributed by atoms with van der Waals surface area (Å²) in [4.78, 5) is 7.88. The van der Waals surface area contributed by atoms with Gasteiger partial charge in [0.15, 0.2) is 0 Å². The van der Waals surface area contributed by atoms with E-state index >= 15 is 0 Å². The van der Waals surface area contributed by atoms with E-state index in [4.69, 9.17) is 0 Å². The molecule has 0 radical (unpaired) electrons. The predicted molar refractivity (Wildman–Crippen MR) is 60.5 cm³/mol. The lowest BCUT2D eigenvalue weighted by atomic mass is 10.1. The number of aromatic nitrogens is 2. The lowest BCUT2D eigenvalue weighted by Crippen LogP contribution is -2.07. The highest BCUT2D eigenvalue weighted by atomic mass is 19.1. The van der Waals surface area contributed by atoms with E-state index in [-0.39, 0.29) is 11.9 Å². The zero-order valence-electron chi connectivity index (χ0n) is 8.89. The maximum absolute atomic E-state index is 13.0. The molecule has 0 aliphatic heterocycles. The summed E-state index contributed by atoms with van der Waals surface area (Å²) in [6.45, 7) is 1.96. The van der Waals surface area contributed by atoms with E-state index in [1.807, 2.05) is 13.0 Å². The highest BCUT2D eigenvalue weighted by Crippen LogP contribution is 2.17. The fraction of sp³-hybridized carbons (Fsp3) is 0.167. The summed E-state index contributed by atoms with van der Waals surface area (Å²) >= 11 is 0. The molecule has 0 bridgehead atoms. The van der Waals surface area contributed by atoms with Crippen LogP contribution in [0.25, 0.3) is 0 Å². The second-order valence-corrected chi connectivity index (χ2v) is 3.52. The Labute approximate surface area is 93.4 Å². The van der Waals surface area contributed by atoms with Crippen molar-refractivity contribution in [3.05, 3.63) is 54.2 Å². The molecule has 0 aliphatic rings. The summed E-state index contributed by atoms with van der Waals surface area (Å²) in [5, 5.41) is 3.17. The average Bonchev–Trinajstić information content (AvgIpc) is 2.30. The predicted octanol–water partition coefficient (Wildman–Crippen LogP) is 2.79. The summed E-state index contributed by atoms with van der Waals surface area (Å²) < 4.78 is 13.0. The Morgan fingerprint density at radius 3 is 2.88 bits per heavy atom. The normalized spacial score (nSPS) is 12.1. The van der Waals surface area contributed by atoms with Crippen LogP contribution in [0.5, 0.6) is 0 Å². The summed E-state index contributed by atoms with van der Waals surface area (Å²) in [5.41, 5.74) is 0.888. The molecular weight excluding hydrogens is 205 g/mol. The zero-order valence-corrected chi connectivity index (χ0v) is 8.89. The molecule has 82 valence electrons. The molecule has 1 unspecified atom stereocenters. The van der Waals surface area contributed by atoms with E-state index in [9.17, 15) is 4.39 Å². The van der Waals surface area contributed by atoms with Gasteiger partial charge in [0.2, 0.25) is 0 Å². The van der Waals surface area contributed by atoms with Crippen molar-refractivity contribution in [2.45, 2.75) is 13.0 Å². The first-order valence-electron chi connectivity index (χ1n) is 5.04. The van der Waals surface area contributed by atoms with E-state index in [1.165, 1.54) is 18.5 Å². The van der Waals surface area contributed by atoms with E-state index in [1.54, 1.807) is 18.3 Å². The minimum atomic E-state index is -0.228. The van der Waals surface area contributed by atoms with Crippen LogP contribution in [0.3, 0.4) is 0 Å². The third-order valence-corrected chi connectivity index (χ3v) is 2.30. The van der Waals surface area contributed by atoms with Crippen LogP contribution < -0.4 is 5.32 Å². The zero-order chi connectivity index (χ0) is 11.4. The standard InChI is InChI=1S/C12H12FN3/c1-9(10-3-2-4-11(13)7-10)16-12-5-6-14-8-15-12/h2-9H,1H3,(H,14,15,16). The third kappa shape index (κ3) is 2.53. The first kappa shape index (κ1) is 10.5. The monoisotopic (exact) mass is 217 g/mol. The molecule has 0 saturated heterocycles. The lowest BCUT2D eigenvalue weighted by molar-refractivity contribution is 0.623. The first-order valence-corrected chi connectivity index (χ1v) is 5.04. The van der Waals surface area contributed by atoms with Gasteiger partial charge in [0, 0.05) is 6.20 Å². The minimum absolute atomic E-state index is 0.00519. The molecule has 1 aromatic heterocycles. The Balaban J connectivity index is 2.12. The molecule has 2 rings (SSSR count). The minimum Gasteiger partial charge on any atom is -0.363 e. The summed E-state index contributed by atoms with van der Waals surface area (Å²) in [6.07, 6.45) is 3.13. The molecule has 1 N–H and O–H groups in total. The Bertz CT molecular complexity index is 459. The van der Waals surface area contributed by atoms with Crippen LogP contribution in [0, 0.1) is 5.82 Å². The quantitative estimate of drug-likeness (QED) is 0.859. The van der Waals surface area contributed by atoms with E-state index < -0.39 is 0 Å². The molecule has 1 atom stereocenters. The number of nitrogens with one attached hydrogen (secondary N) is 1. The molecular formula is C12H12FN3. The largest absolute Gasteiger partial charge is 0.363 e. The Hall–Kier alpha value is -1.97. The van der Waals surface area contributed by atoms with Gasteiger partial charge in [-0.15, -0.1) is 0 Å². The lowest BCUT2D eigenvalue weighted by Gasteiger charge is -2.14. The molecule has 1 heterocycles. The number of hydrogen-bond acceptors (Lipinski definition) is 3. The number of hydrogen-bond donors (Lipinski definition) is 1. The van der Waals surface area contributed by atoms with Gasteiger partial charge in [-0.1, -0.05) is 12.1 Å². The van der Waals surface area contributed by atoms with Crippen LogP contribution in [0.15, 0.2) is 42.9 Å². The summed E-state index contributed by atoms with van der Waals surface area (Å²) in [7, 11) is 0. The van der Waals surface area contributed by atoms with Gasteiger partial charge in [0.25, 0.3) is 0 Å². The molecule has 0 saturated carbocycles. The third-order valence-electron chi connectivity index (χ3n) is 2.30. The van der Waals surface area contributed by atoms with Crippen LogP contribution in [-0.4, -0.2) is 9.97 Å². The highest BCUT2D eigenvalue weighted by Gasteiger charge is 2.06. The Kier molecular flexibility index (Phi) is 3.10. The molecule has 2 aromatic rings.